The zero-order valence-corrected chi connectivity index (χ0v) is 6.82. The monoisotopic (exact) mass is 159 g/mol. The Morgan fingerprint density at radius 3 is 2.00 bits per heavy atom. The van der Waals surface area contributed by atoms with Crippen LogP contribution < -0.4 is 5.43 Å². The number of hydrogen-bond acceptors (Lipinski definition) is 1. The molecule has 0 saturated heterocycles. The van der Waals surface area contributed by atoms with Crippen molar-refractivity contribution in [2.75, 3.05) is 0 Å². The summed E-state index contributed by atoms with van der Waals surface area (Å²) in [4.78, 5) is 11.0. The molecule has 0 saturated carbocycles. The molecule has 0 aliphatic heterocycles. The Labute approximate surface area is 70.1 Å². The molecule has 2 aromatic rings. The van der Waals surface area contributed by atoms with Gasteiger partial charge in [0, 0.05) is 19.4 Å². The number of aryl methyl sites for hydroxylation is 1. The smallest absolute Gasteiger partial charge is 0.178 e. The molecular weight excluding hydrogens is 150 g/mol. The molecule has 2 nitrogen and oxygen atoms in total. The molecular formula is C10H9NO. The van der Waals surface area contributed by atoms with Crippen molar-refractivity contribution in [2.45, 2.75) is 0 Å². The van der Waals surface area contributed by atoms with Gasteiger partial charge in [-0.3, -0.25) is 4.79 Å². The molecule has 12 heavy (non-hydrogen) atoms. The van der Waals surface area contributed by atoms with E-state index >= 15 is 0 Å². The lowest BCUT2D eigenvalue weighted by molar-refractivity contribution is 0.933. The minimum absolute atomic E-state index is 0.0499. The molecule has 0 amide bonds. The number of aromatic nitrogens is 1. The standard InChI is InChI=1S/C10H9NO/c1-11-6-8-2-4-10(12)5-3-9(8)7-11/h2-7H,1H3. The van der Waals surface area contributed by atoms with Crippen molar-refractivity contribution in [3.8, 4) is 0 Å². The van der Waals surface area contributed by atoms with Crippen molar-refractivity contribution in [3.63, 3.8) is 0 Å². The molecule has 0 atom stereocenters. The van der Waals surface area contributed by atoms with Crippen LogP contribution in [0.5, 0.6) is 0 Å². The van der Waals surface area contributed by atoms with Crippen LogP contribution in [0.25, 0.3) is 10.8 Å². The largest absolute Gasteiger partial charge is 0.356 e. The van der Waals surface area contributed by atoms with Crippen molar-refractivity contribution in [3.05, 3.63) is 46.9 Å². The quantitative estimate of drug-likeness (QED) is 0.571. The number of rotatable bonds is 0. The van der Waals surface area contributed by atoms with E-state index in [4.69, 9.17) is 0 Å². The molecule has 60 valence electrons. The zero-order chi connectivity index (χ0) is 8.55. The Morgan fingerprint density at radius 1 is 1.00 bits per heavy atom. The van der Waals surface area contributed by atoms with Gasteiger partial charge in [-0.25, -0.2) is 0 Å². The second-order valence-electron chi connectivity index (χ2n) is 2.90. The fraction of sp³-hybridized carbons (Fsp3) is 0.100. The highest BCUT2D eigenvalue weighted by atomic mass is 16.1. The molecule has 0 bridgehead atoms. The van der Waals surface area contributed by atoms with Gasteiger partial charge in [-0.05, 0) is 35.0 Å². The van der Waals surface area contributed by atoms with Gasteiger partial charge in [0.15, 0.2) is 5.43 Å². The van der Waals surface area contributed by atoms with E-state index < -0.39 is 0 Å². The van der Waals surface area contributed by atoms with Crippen molar-refractivity contribution in [2.24, 2.45) is 7.05 Å². The zero-order valence-electron chi connectivity index (χ0n) is 6.82. The van der Waals surface area contributed by atoms with Crippen molar-refractivity contribution in [1.82, 2.24) is 4.57 Å². The Balaban J connectivity index is 2.90. The van der Waals surface area contributed by atoms with Gasteiger partial charge in [0.05, 0.1) is 0 Å². The van der Waals surface area contributed by atoms with E-state index in [-0.39, 0.29) is 5.43 Å². The molecule has 0 radical (unpaired) electrons. The van der Waals surface area contributed by atoms with Gasteiger partial charge in [-0.2, -0.15) is 0 Å². The van der Waals surface area contributed by atoms with Crippen LogP contribution in [0.3, 0.4) is 0 Å². The maximum atomic E-state index is 11.0. The predicted octanol–water partition coefficient (Wildman–Crippen LogP) is 1.54. The Morgan fingerprint density at radius 2 is 1.50 bits per heavy atom. The summed E-state index contributed by atoms with van der Waals surface area (Å²) >= 11 is 0. The third-order valence-corrected chi connectivity index (χ3v) is 1.87. The van der Waals surface area contributed by atoms with Gasteiger partial charge in [0.25, 0.3) is 0 Å². The first-order valence-corrected chi connectivity index (χ1v) is 3.82. The summed E-state index contributed by atoms with van der Waals surface area (Å²) in [5.74, 6) is 0. The molecule has 0 aliphatic rings. The minimum atomic E-state index is 0.0499. The summed E-state index contributed by atoms with van der Waals surface area (Å²) in [6, 6.07) is 6.86. The van der Waals surface area contributed by atoms with E-state index in [2.05, 4.69) is 0 Å². The van der Waals surface area contributed by atoms with Crippen LogP contribution in [0.2, 0.25) is 0 Å². The van der Waals surface area contributed by atoms with Crippen LogP contribution in [0, 0.1) is 0 Å². The highest BCUT2D eigenvalue weighted by Gasteiger charge is 1.92. The highest BCUT2D eigenvalue weighted by molar-refractivity contribution is 5.81. The first kappa shape index (κ1) is 7.10. The van der Waals surface area contributed by atoms with Gasteiger partial charge < -0.3 is 4.57 Å². The second kappa shape index (κ2) is 2.48. The first-order valence-electron chi connectivity index (χ1n) is 3.82. The number of hydrogen-bond donors (Lipinski definition) is 0. The van der Waals surface area contributed by atoms with Crippen LogP contribution in [-0.4, -0.2) is 4.57 Å². The fourth-order valence-corrected chi connectivity index (χ4v) is 1.30. The first-order chi connectivity index (χ1) is 5.75. The molecule has 1 heterocycles. The Bertz CT molecular complexity index is 431. The van der Waals surface area contributed by atoms with Crippen LogP contribution in [0.4, 0.5) is 0 Å². The van der Waals surface area contributed by atoms with Gasteiger partial charge in [0.1, 0.15) is 0 Å². The minimum Gasteiger partial charge on any atom is -0.356 e. The van der Waals surface area contributed by atoms with Crippen LogP contribution >= 0.6 is 0 Å². The third kappa shape index (κ3) is 1.11. The van der Waals surface area contributed by atoms with E-state index in [9.17, 15) is 4.79 Å². The maximum Gasteiger partial charge on any atom is 0.178 e. The number of nitrogens with zero attached hydrogens (tertiary/aromatic N) is 1. The average molecular weight is 159 g/mol. The molecule has 0 unspecified atom stereocenters. The maximum absolute atomic E-state index is 11.0. The van der Waals surface area contributed by atoms with E-state index in [1.807, 2.05) is 36.1 Å². The predicted molar refractivity (Wildman–Crippen MR) is 49.2 cm³/mol. The Kier molecular flexibility index (Phi) is 1.47. The third-order valence-electron chi connectivity index (χ3n) is 1.87. The van der Waals surface area contributed by atoms with E-state index in [1.165, 1.54) is 0 Å². The molecule has 1 aromatic carbocycles. The van der Waals surface area contributed by atoms with Crippen LogP contribution in [-0.2, 0) is 7.05 Å². The average Bonchev–Trinajstić information content (AvgIpc) is 2.31. The summed E-state index contributed by atoms with van der Waals surface area (Å²) in [6.07, 6.45) is 3.99. The normalized spacial score (nSPS) is 10.4. The van der Waals surface area contributed by atoms with E-state index in [0.717, 1.165) is 10.8 Å². The summed E-state index contributed by atoms with van der Waals surface area (Å²) < 4.78 is 1.98. The van der Waals surface area contributed by atoms with Gasteiger partial charge in [-0.1, -0.05) is 0 Å². The molecule has 0 fully saturated rings. The lowest BCUT2D eigenvalue weighted by Crippen LogP contribution is -1.87. The van der Waals surface area contributed by atoms with E-state index in [0.29, 0.717) is 0 Å². The summed E-state index contributed by atoms with van der Waals surface area (Å²) in [5.41, 5.74) is 0.0499. The van der Waals surface area contributed by atoms with Crippen molar-refractivity contribution in [1.29, 1.82) is 0 Å². The van der Waals surface area contributed by atoms with Crippen LogP contribution in [0.1, 0.15) is 0 Å². The molecule has 2 rings (SSSR count). The lowest BCUT2D eigenvalue weighted by atomic mass is 10.3. The van der Waals surface area contributed by atoms with Gasteiger partial charge in [-0.15, -0.1) is 0 Å². The van der Waals surface area contributed by atoms with Crippen molar-refractivity contribution >= 4 is 10.8 Å². The summed E-state index contributed by atoms with van der Waals surface area (Å²) in [5, 5.41) is 2.19. The molecule has 0 N–H and O–H groups in total. The van der Waals surface area contributed by atoms with Crippen LogP contribution in [0.15, 0.2) is 41.5 Å². The Hall–Kier alpha value is -1.57. The summed E-state index contributed by atoms with van der Waals surface area (Å²) in [7, 11) is 1.97. The number of fused-ring (bicyclic) bond motifs is 1. The molecule has 1 aromatic heterocycles. The SMILES string of the molecule is Cn1cc2ccc(=O)ccc2c1. The highest BCUT2D eigenvalue weighted by Crippen LogP contribution is 2.10. The van der Waals surface area contributed by atoms with E-state index in [1.54, 1.807) is 12.1 Å². The van der Waals surface area contributed by atoms with Gasteiger partial charge >= 0.3 is 0 Å². The second-order valence-corrected chi connectivity index (χ2v) is 2.90. The molecule has 0 aliphatic carbocycles. The fourth-order valence-electron chi connectivity index (χ4n) is 1.30. The molecule has 0 spiro atoms. The van der Waals surface area contributed by atoms with Gasteiger partial charge in [0.2, 0.25) is 0 Å². The lowest BCUT2D eigenvalue weighted by Gasteiger charge is -1.80. The topological polar surface area (TPSA) is 22.0 Å². The van der Waals surface area contributed by atoms with Crippen molar-refractivity contribution < 1.29 is 0 Å². The summed E-state index contributed by atoms with van der Waals surface area (Å²) in [6.45, 7) is 0. The molecule has 2 heteroatoms.